The lowest BCUT2D eigenvalue weighted by molar-refractivity contribution is 0.414. The fourth-order valence-corrected chi connectivity index (χ4v) is 6.01. The molecule has 2 rings (SSSR count). The van der Waals surface area contributed by atoms with Crippen molar-refractivity contribution in [3.05, 3.63) is 46.8 Å². The number of thiophene rings is 1. The molecule has 0 aliphatic rings. The molecular formula is C25H40N2O3S2. The molecule has 2 aromatic rings. The molecule has 1 heterocycles. The summed E-state index contributed by atoms with van der Waals surface area (Å²) in [5.41, 5.74) is 1.16. The summed E-state index contributed by atoms with van der Waals surface area (Å²) >= 11 is 1.33. The van der Waals surface area contributed by atoms with Gasteiger partial charge in [0.25, 0.3) is 0 Å². The topological polar surface area (TPSA) is 67.4 Å². The van der Waals surface area contributed by atoms with Gasteiger partial charge in [0.1, 0.15) is 9.96 Å². The highest BCUT2D eigenvalue weighted by molar-refractivity contribution is 7.91. The number of ether oxygens (including phenoxy) is 1. The Hall–Kier alpha value is -1.41. The summed E-state index contributed by atoms with van der Waals surface area (Å²) in [6, 6.07) is 11.5. The number of hydrogen-bond acceptors (Lipinski definition) is 5. The highest BCUT2D eigenvalue weighted by Crippen LogP contribution is 2.21. The Balaban J connectivity index is 1.59. The Morgan fingerprint density at radius 3 is 2.06 bits per heavy atom. The van der Waals surface area contributed by atoms with Gasteiger partial charge in [0.15, 0.2) is 0 Å². The average Bonchev–Trinajstić information content (AvgIpc) is 3.28. The molecule has 0 unspecified atom stereocenters. The molecule has 5 nitrogen and oxygen atoms in total. The molecule has 0 saturated carbocycles. The maximum Gasteiger partial charge on any atom is 0.250 e. The molecule has 0 bridgehead atoms. The Morgan fingerprint density at radius 1 is 0.812 bits per heavy atom. The van der Waals surface area contributed by atoms with E-state index in [4.69, 9.17) is 4.74 Å². The fourth-order valence-electron chi connectivity index (χ4n) is 3.56. The standard InChI is InChI=1S/C25H40N2O3S2/c1-3-4-5-6-7-8-9-10-11-12-19-27-32(28,29)25-18-17-24(31-25)21-26-20-22-13-15-23(30-2)16-14-22/h13-18,26-27H,3-12,19-21H2,1-2H3. The molecule has 2 N–H and O–H groups in total. The third kappa shape index (κ3) is 10.5. The van der Waals surface area contributed by atoms with Crippen LogP contribution in [0.25, 0.3) is 0 Å². The van der Waals surface area contributed by atoms with Crippen LogP contribution >= 0.6 is 11.3 Å². The van der Waals surface area contributed by atoms with Gasteiger partial charge in [0.2, 0.25) is 10.0 Å². The van der Waals surface area contributed by atoms with Gasteiger partial charge in [-0.2, -0.15) is 0 Å². The predicted molar refractivity (Wildman–Crippen MR) is 135 cm³/mol. The van der Waals surface area contributed by atoms with E-state index in [0.717, 1.165) is 35.6 Å². The largest absolute Gasteiger partial charge is 0.497 e. The summed E-state index contributed by atoms with van der Waals surface area (Å²) in [5, 5.41) is 3.37. The molecule has 0 spiro atoms. The highest BCUT2D eigenvalue weighted by atomic mass is 32.2. The van der Waals surface area contributed by atoms with Gasteiger partial charge in [-0.25, -0.2) is 13.1 Å². The predicted octanol–water partition coefficient (Wildman–Crippen LogP) is 6.25. The minimum absolute atomic E-state index is 0.394. The van der Waals surface area contributed by atoms with Gasteiger partial charge in [0, 0.05) is 24.5 Å². The second kappa shape index (κ2) is 15.4. The molecule has 1 aromatic heterocycles. The summed E-state index contributed by atoms with van der Waals surface area (Å²) in [6.45, 7) is 4.13. The van der Waals surface area contributed by atoms with Crippen molar-refractivity contribution in [2.45, 2.75) is 88.4 Å². The molecule has 7 heteroatoms. The number of sulfonamides is 1. The number of nitrogens with one attached hydrogen (secondary N) is 2. The third-order valence-corrected chi connectivity index (χ3v) is 8.55. The van der Waals surface area contributed by atoms with Crippen molar-refractivity contribution >= 4 is 21.4 Å². The first kappa shape index (κ1) is 26.8. The number of unbranched alkanes of at least 4 members (excludes halogenated alkanes) is 9. The molecule has 1 aromatic carbocycles. The van der Waals surface area contributed by atoms with Gasteiger partial charge in [0.05, 0.1) is 7.11 Å². The van der Waals surface area contributed by atoms with E-state index in [2.05, 4.69) is 17.0 Å². The van der Waals surface area contributed by atoms with Crippen LogP contribution in [-0.4, -0.2) is 22.1 Å². The van der Waals surface area contributed by atoms with E-state index in [1.807, 2.05) is 30.3 Å². The minimum Gasteiger partial charge on any atom is -0.497 e. The van der Waals surface area contributed by atoms with Crippen LogP contribution in [0.2, 0.25) is 0 Å². The van der Waals surface area contributed by atoms with Crippen LogP contribution in [0.15, 0.2) is 40.6 Å². The Bertz CT molecular complexity index is 848. The van der Waals surface area contributed by atoms with Crippen LogP contribution in [0.1, 0.15) is 81.6 Å². The number of methoxy groups -OCH3 is 1. The summed E-state index contributed by atoms with van der Waals surface area (Å²) in [5.74, 6) is 0.840. The normalized spacial score (nSPS) is 11.7. The quantitative estimate of drug-likeness (QED) is 0.248. The summed E-state index contributed by atoms with van der Waals surface area (Å²) in [7, 11) is -1.75. The fraction of sp³-hybridized carbons (Fsp3) is 0.600. The monoisotopic (exact) mass is 480 g/mol. The van der Waals surface area contributed by atoms with Gasteiger partial charge in [-0.15, -0.1) is 11.3 Å². The summed E-state index contributed by atoms with van der Waals surface area (Å²) in [4.78, 5) is 1.01. The number of rotatable bonds is 18. The van der Waals surface area contributed by atoms with Crippen LogP contribution in [0.4, 0.5) is 0 Å². The first-order valence-corrected chi connectivity index (χ1v) is 14.3. The van der Waals surface area contributed by atoms with E-state index >= 15 is 0 Å². The smallest absolute Gasteiger partial charge is 0.250 e. The molecule has 32 heavy (non-hydrogen) atoms. The van der Waals surface area contributed by atoms with Crippen LogP contribution < -0.4 is 14.8 Å². The zero-order valence-electron chi connectivity index (χ0n) is 19.7. The molecular weight excluding hydrogens is 440 g/mol. The van der Waals surface area contributed by atoms with Gasteiger partial charge >= 0.3 is 0 Å². The summed E-state index contributed by atoms with van der Waals surface area (Å²) < 4.78 is 33.4. The van der Waals surface area contributed by atoms with Crippen LogP contribution in [0.3, 0.4) is 0 Å². The molecule has 0 aliphatic heterocycles. The van der Waals surface area contributed by atoms with Crippen molar-refractivity contribution in [3.63, 3.8) is 0 Å². The molecule has 0 saturated heterocycles. The van der Waals surface area contributed by atoms with Crippen molar-refractivity contribution in [2.75, 3.05) is 13.7 Å². The van der Waals surface area contributed by atoms with E-state index in [1.54, 1.807) is 13.2 Å². The summed E-state index contributed by atoms with van der Waals surface area (Å²) in [6.07, 6.45) is 12.4. The maximum atomic E-state index is 12.5. The first-order valence-electron chi connectivity index (χ1n) is 12.0. The van der Waals surface area contributed by atoms with Crippen molar-refractivity contribution < 1.29 is 13.2 Å². The van der Waals surface area contributed by atoms with E-state index in [9.17, 15) is 8.42 Å². The molecule has 0 amide bonds. The number of benzene rings is 1. The van der Waals surface area contributed by atoms with E-state index in [0.29, 0.717) is 17.3 Å². The van der Waals surface area contributed by atoms with E-state index in [-0.39, 0.29) is 0 Å². The third-order valence-electron chi connectivity index (χ3n) is 5.51. The lowest BCUT2D eigenvalue weighted by Crippen LogP contribution is -2.23. The van der Waals surface area contributed by atoms with E-state index < -0.39 is 10.0 Å². The first-order chi connectivity index (χ1) is 15.5. The lowest BCUT2D eigenvalue weighted by atomic mass is 10.1. The van der Waals surface area contributed by atoms with E-state index in [1.165, 1.54) is 62.7 Å². The van der Waals surface area contributed by atoms with Gasteiger partial charge < -0.3 is 10.1 Å². The van der Waals surface area contributed by atoms with Crippen molar-refractivity contribution in [3.8, 4) is 5.75 Å². The second-order valence-corrected chi connectivity index (χ2v) is 11.4. The Morgan fingerprint density at radius 2 is 1.44 bits per heavy atom. The van der Waals surface area contributed by atoms with Crippen LogP contribution in [0, 0.1) is 0 Å². The second-order valence-electron chi connectivity index (χ2n) is 8.25. The van der Waals surface area contributed by atoms with Gasteiger partial charge in [-0.1, -0.05) is 76.8 Å². The Labute approximate surface area is 199 Å². The van der Waals surface area contributed by atoms with Crippen molar-refractivity contribution in [1.82, 2.24) is 10.0 Å². The SMILES string of the molecule is CCCCCCCCCCCCNS(=O)(=O)c1ccc(CNCc2ccc(OC)cc2)s1. The van der Waals surface area contributed by atoms with Crippen molar-refractivity contribution in [1.29, 1.82) is 0 Å². The average molecular weight is 481 g/mol. The van der Waals surface area contributed by atoms with Gasteiger partial charge in [-0.3, -0.25) is 0 Å². The molecule has 0 radical (unpaired) electrons. The minimum atomic E-state index is -3.41. The van der Waals surface area contributed by atoms with Crippen molar-refractivity contribution in [2.24, 2.45) is 0 Å². The van der Waals surface area contributed by atoms with Gasteiger partial charge in [-0.05, 0) is 36.2 Å². The Kier molecular flexibility index (Phi) is 12.9. The zero-order valence-corrected chi connectivity index (χ0v) is 21.3. The maximum absolute atomic E-state index is 12.5. The molecule has 0 aliphatic carbocycles. The molecule has 180 valence electrons. The zero-order chi connectivity index (χ0) is 23.1. The lowest BCUT2D eigenvalue weighted by Gasteiger charge is -2.06. The molecule has 0 fully saturated rings. The highest BCUT2D eigenvalue weighted by Gasteiger charge is 2.16. The van der Waals surface area contributed by atoms with Crippen LogP contribution in [-0.2, 0) is 23.1 Å². The number of hydrogen-bond donors (Lipinski definition) is 2. The molecule has 0 atom stereocenters. The van der Waals surface area contributed by atoms with Crippen LogP contribution in [0.5, 0.6) is 5.75 Å².